The molecule has 0 saturated carbocycles. The van der Waals surface area contributed by atoms with Gasteiger partial charge in [0.05, 0.1) is 14.2 Å². The average Bonchev–Trinajstić information content (AvgIpc) is 2.72. The molecule has 0 fully saturated rings. The molecule has 1 atom stereocenters. The molecule has 3 rings (SSSR count). The largest absolute Gasteiger partial charge is 0.496 e. The van der Waals surface area contributed by atoms with E-state index in [-0.39, 0.29) is 5.56 Å². The number of esters is 1. The van der Waals surface area contributed by atoms with Gasteiger partial charge in [-0.3, -0.25) is 4.79 Å². The first-order chi connectivity index (χ1) is 13.5. The van der Waals surface area contributed by atoms with E-state index in [9.17, 15) is 9.59 Å². The molecular weight excluding hydrogens is 358 g/mol. The second kappa shape index (κ2) is 8.43. The molecule has 6 nitrogen and oxygen atoms in total. The molecule has 0 bridgehead atoms. The summed E-state index contributed by atoms with van der Waals surface area (Å²) in [4.78, 5) is 25.1. The van der Waals surface area contributed by atoms with Crippen LogP contribution in [-0.2, 0) is 9.53 Å². The fraction of sp³-hybridized carbons (Fsp3) is 0.182. The fourth-order valence-corrected chi connectivity index (χ4v) is 2.84. The number of methoxy groups -OCH3 is 2. The summed E-state index contributed by atoms with van der Waals surface area (Å²) in [5, 5.41) is 4.85. The van der Waals surface area contributed by atoms with Crippen LogP contribution in [0.1, 0.15) is 17.3 Å². The van der Waals surface area contributed by atoms with Crippen molar-refractivity contribution in [2.75, 3.05) is 19.5 Å². The van der Waals surface area contributed by atoms with Gasteiger partial charge in [-0.25, -0.2) is 4.79 Å². The van der Waals surface area contributed by atoms with E-state index in [1.807, 2.05) is 36.4 Å². The van der Waals surface area contributed by atoms with Gasteiger partial charge in [-0.15, -0.1) is 0 Å². The standard InChI is InChI=1S/C22H21NO5/c1-14(28-22(25)20-18(26-2)9-6-10-19(20)27-3)21(24)23-17-12-11-15-7-4-5-8-16(15)13-17/h4-14H,1-3H3,(H,23,24)/t14-/m1/s1. The molecule has 0 heterocycles. The lowest BCUT2D eigenvalue weighted by atomic mass is 10.1. The van der Waals surface area contributed by atoms with Gasteiger partial charge in [-0.1, -0.05) is 36.4 Å². The first-order valence-electron chi connectivity index (χ1n) is 8.75. The van der Waals surface area contributed by atoms with Crippen molar-refractivity contribution in [3.05, 3.63) is 66.2 Å². The summed E-state index contributed by atoms with van der Waals surface area (Å²) in [7, 11) is 2.89. The van der Waals surface area contributed by atoms with Crippen molar-refractivity contribution >= 4 is 28.3 Å². The second-order valence-electron chi connectivity index (χ2n) is 6.14. The van der Waals surface area contributed by atoms with Crippen LogP contribution in [0.5, 0.6) is 11.5 Å². The van der Waals surface area contributed by atoms with Gasteiger partial charge in [0.1, 0.15) is 17.1 Å². The molecule has 1 amide bonds. The molecule has 0 aliphatic heterocycles. The zero-order valence-corrected chi connectivity index (χ0v) is 15.9. The third-order valence-electron chi connectivity index (χ3n) is 4.30. The molecule has 1 N–H and O–H groups in total. The highest BCUT2D eigenvalue weighted by atomic mass is 16.6. The van der Waals surface area contributed by atoms with E-state index < -0.39 is 18.0 Å². The third-order valence-corrected chi connectivity index (χ3v) is 4.30. The molecule has 28 heavy (non-hydrogen) atoms. The summed E-state index contributed by atoms with van der Waals surface area (Å²) >= 11 is 0. The lowest BCUT2D eigenvalue weighted by Crippen LogP contribution is -2.30. The van der Waals surface area contributed by atoms with Gasteiger partial charge < -0.3 is 19.5 Å². The van der Waals surface area contributed by atoms with E-state index in [1.54, 1.807) is 24.3 Å². The van der Waals surface area contributed by atoms with Crippen LogP contribution >= 0.6 is 0 Å². The van der Waals surface area contributed by atoms with Crippen LogP contribution in [0, 0.1) is 0 Å². The number of hydrogen-bond donors (Lipinski definition) is 1. The van der Waals surface area contributed by atoms with Crippen LogP contribution in [0.25, 0.3) is 10.8 Å². The molecule has 0 unspecified atom stereocenters. The monoisotopic (exact) mass is 379 g/mol. The van der Waals surface area contributed by atoms with Crippen LogP contribution in [0.3, 0.4) is 0 Å². The Morgan fingerprint density at radius 3 is 2.14 bits per heavy atom. The van der Waals surface area contributed by atoms with Gasteiger partial charge in [0.25, 0.3) is 5.91 Å². The SMILES string of the molecule is COc1cccc(OC)c1C(=O)O[C@H](C)C(=O)Nc1ccc2ccccc2c1. The molecule has 6 heteroatoms. The highest BCUT2D eigenvalue weighted by Gasteiger charge is 2.24. The number of hydrogen-bond acceptors (Lipinski definition) is 5. The molecule has 0 aromatic heterocycles. The number of carbonyl (C=O) groups is 2. The fourth-order valence-electron chi connectivity index (χ4n) is 2.84. The van der Waals surface area contributed by atoms with Crippen molar-refractivity contribution in [3.8, 4) is 11.5 Å². The molecule has 0 aliphatic rings. The predicted molar refractivity (Wildman–Crippen MR) is 107 cm³/mol. The number of benzene rings is 3. The van der Waals surface area contributed by atoms with E-state index in [2.05, 4.69) is 5.32 Å². The van der Waals surface area contributed by atoms with Gasteiger partial charge in [0, 0.05) is 5.69 Å². The zero-order chi connectivity index (χ0) is 20.1. The molecule has 0 saturated heterocycles. The Morgan fingerprint density at radius 2 is 1.50 bits per heavy atom. The maximum atomic E-state index is 12.6. The molecule has 3 aromatic rings. The maximum Gasteiger partial charge on any atom is 0.346 e. The van der Waals surface area contributed by atoms with E-state index in [0.717, 1.165) is 10.8 Å². The summed E-state index contributed by atoms with van der Waals surface area (Å²) < 4.78 is 15.7. The number of amides is 1. The highest BCUT2D eigenvalue weighted by Crippen LogP contribution is 2.29. The molecule has 0 radical (unpaired) electrons. The van der Waals surface area contributed by atoms with Crippen molar-refractivity contribution in [1.82, 2.24) is 0 Å². The summed E-state index contributed by atoms with van der Waals surface area (Å²) in [5.41, 5.74) is 0.763. The Hall–Kier alpha value is -3.54. The zero-order valence-electron chi connectivity index (χ0n) is 15.9. The smallest absolute Gasteiger partial charge is 0.346 e. The van der Waals surface area contributed by atoms with Gasteiger partial charge >= 0.3 is 5.97 Å². The molecule has 144 valence electrons. The Morgan fingerprint density at radius 1 is 0.857 bits per heavy atom. The van der Waals surface area contributed by atoms with Gasteiger partial charge in [0.15, 0.2) is 6.10 Å². The Bertz CT molecular complexity index is 992. The highest BCUT2D eigenvalue weighted by molar-refractivity contribution is 6.00. The minimum absolute atomic E-state index is 0.137. The van der Waals surface area contributed by atoms with Crippen LogP contribution in [0.4, 0.5) is 5.69 Å². The minimum Gasteiger partial charge on any atom is -0.496 e. The van der Waals surface area contributed by atoms with Crippen molar-refractivity contribution in [2.24, 2.45) is 0 Å². The molecule has 0 aliphatic carbocycles. The second-order valence-corrected chi connectivity index (χ2v) is 6.14. The molecule has 3 aromatic carbocycles. The van der Waals surface area contributed by atoms with Gasteiger partial charge in [-0.05, 0) is 42.0 Å². The van der Waals surface area contributed by atoms with E-state index >= 15 is 0 Å². The maximum absolute atomic E-state index is 12.6. The lowest BCUT2D eigenvalue weighted by Gasteiger charge is -2.16. The summed E-state index contributed by atoms with van der Waals surface area (Å²) in [6, 6.07) is 18.4. The van der Waals surface area contributed by atoms with Crippen LogP contribution in [0.15, 0.2) is 60.7 Å². The lowest BCUT2D eigenvalue weighted by molar-refractivity contribution is -0.123. The summed E-state index contributed by atoms with van der Waals surface area (Å²) in [6.45, 7) is 1.51. The quantitative estimate of drug-likeness (QED) is 0.654. The first-order valence-corrected chi connectivity index (χ1v) is 8.75. The van der Waals surface area contributed by atoms with Crippen molar-refractivity contribution in [2.45, 2.75) is 13.0 Å². The Labute approximate surface area is 163 Å². The topological polar surface area (TPSA) is 73.9 Å². The van der Waals surface area contributed by atoms with Crippen molar-refractivity contribution < 1.29 is 23.8 Å². The van der Waals surface area contributed by atoms with E-state index in [1.165, 1.54) is 21.1 Å². The number of carbonyl (C=O) groups excluding carboxylic acids is 2. The van der Waals surface area contributed by atoms with Crippen LogP contribution in [0.2, 0.25) is 0 Å². The minimum atomic E-state index is -1.01. The molecular formula is C22H21NO5. The van der Waals surface area contributed by atoms with Crippen LogP contribution in [-0.4, -0.2) is 32.2 Å². The summed E-state index contributed by atoms with van der Waals surface area (Å²) in [5.74, 6) is -0.508. The van der Waals surface area contributed by atoms with Crippen molar-refractivity contribution in [1.29, 1.82) is 0 Å². The van der Waals surface area contributed by atoms with Crippen LogP contribution < -0.4 is 14.8 Å². The normalized spacial score (nSPS) is 11.5. The number of nitrogens with one attached hydrogen (secondary N) is 1. The van der Waals surface area contributed by atoms with Gasteiger partial charge in [-0.2, -0.15) is 0 Å². The predicted octanol–water partition coefficient (Wildman–Crippen LogP) is 4.04. The number of fused-ring (bicyclic) bond motifs is 1. The third kappa shape index (κ3) is 4.06. The molecule has 0 spiro atoms. The van der Waals surface area contributed by atoms with E-state index in [4.69, 9.17) is 14.2 Å². The van der Waals surface area contributed by atoms with Crippen molar-refractivity contribution in [3.63, 3.8) is 0 Å². The Balaban J connectivity index is 1.72. The number of ether oxygens (including phenoxy) is 3. The summed E-state index contributed by atoms with van der Waals surface area (Å²) in [6.07, 6.45) is -1.01. The average molecular weight is 379 g/mol. The Kier molecular flexibility index (Phi) is 5.79. The number of anilines is 1. The first kappa shape index (κ1) is 19.2. The number of rotatable bonds is 6. The van der Waals surface area contributed by atoms with E-state index in [0.29, 0.717) is 17.2 Å². The van der Waals surface area contributed by atoms with Gasteiger partial charge in [0.2, 0.25) is 0 Å².